The third-order valence-electron chi connectivity index (χ3n) is 4.74. The maximum atomic E-state index is 12.2. The minimum absolute atomic E-state index is 0.0240. The summed E-state index contributed by atoms with van der Waals surface area (Å²) in [6.45, 7) is 4.70. The summed E-state index contributed by atoms with van der Waals surface area (Å²) >= 11 is 0. The van der Waals surface area contributed by atoms with Crippen molar-refractivity contribution in [1.82, 2.24) is 9.62 Å². The molecule has 0 aromatic heterocycles. The zero-order valence-electron chi connectivity index (χ0n) is 15.3. The molecule has 1 aliphatic rings. The van der Waals surface area contributed by atoms with Crippen LogP contribution in [0.4, 0.5) is 5.69 Å². The van der Waals surface area contributed by atoms with E-state index in [-0.39, 0.29) is 5.75 Å². The normalized spacial score (nSPS) is 16.0. The minimum atomic E-state index is -3.30. The molecule has 1 saturated heterocycles. The molecule has 0 radical (unpaired) electrons. The van der Waals surface area contributed by atoms with Gasteiger partial charge < -0.3 is 9.80 Å². The lowest BCUT2D eigenvalue weighted by atomic mass is 10.1. The summed E-state index contributed by atoms with van der Waals surface area (Å²) in [6.07, 6.45) is 0.692. The van der Waals surface area contributed by atoms with E-state index < -0.39 is 10.0 Å². The van der Waals surface area contributed by atoms with Crippen LogP contribution in [-0.2, 0) is 22.2 Å². The SMILES string of the molecule is CN1CCN(c2ccc(CCNS(=O)(=O)Cc3ccccc3)cc2)CC1. The average Bonchev–Trinajstić information content (AvgIpc) is 2.63. The van der Waals surface area contributed by atoms with Crippen molar-refractivity contribution >= 4 is 15.7 Å². The standard InChI is InChI=1S/C20H27N3O2S/c1-22-13-15-23(16-14-22)20-9-7-18(8-10-20)11-12-21-26(24,25)17-19-5-3-2-4-6-19/h2-10,21H,11-17H2,1H3. The molecule has 0 atom stereocenters. The van der Waals surface area contributed by atoms with Gasteiger partial charge in [-0.15, -0.1) is 0 Å². The van der Waals surface area contributed by atoms with Crippen molar-refractivity contribution in [2.24, 2.45) is 0 Å². The van der Waals surface area contributed by atoms with Crippen LogP contribution in [0.5, 0.6) is 0 Å². The van der Waals surface area contributed by atoms with Crippen molar-refractivity contribution in [2.45, 2.75) is 12.2 Å². The van der Waals surface area contributed by atoms with Crippen molar-refractivity contribution in [1.29, 1.82) is 0 Å². The third-order valence-corrected chi connectivity index (χ3v) is 6.10. The van der Waals surface area contributed by atoms with E-state index in [1.54, 1.807) is 0 Å². The molecule has 1 aliphatic heterocycles. The van der Waals surface area contributed by atoms with Crippen LogP contribution in [0.2, 0.25) is 0 Å². The minimum Gasteiger partial charge on any atom is -0.369 e. The highest BCUT2D eigenvalue weighted by Crippen LogP contribution is 2.17. The summed E-state index contributed by atoms with van der Waals surface area (Å²) in [5.74, 6) is 0.0240. The molecule has 3 rings (SSSR count). The highest BCUT2D eigenvalue weighted by Gasteiger charge is 2.14. The number of nitrogens with one attached hydrogen (secondary N) is 1. The molecule has 0 unspecified atom stereocenters. The van der Waals surface area contributed by atoms with Crippen molar-refractivity contribution in [2.75, 3.05) is 44.7 Å². The fraction of sp³-hybridized carbons (Fsp3) is 0.400. The Hall–Kier alpha value is -1.89. The maximum absolute atomic E-state index is 12.2. The zero-order chi connectivity index (χ0) is 18.4. The van der Waals surface area contributed by atoms with Gasteiger partial charge in [-0.1, -0.05) is 42.5 Å². The molecule has 0 spiro atoms. The Morgan fingerprint density at radius 3 is 2.19 bits per heavy atom. The first kappa shape index (κ1) is 18.9. The highest BCUT2D eigenvalue weighted by atomic mass is 32.2. The van der Waals surface area contributed by atoms with Crippen LogP contribution in [-0.4, -0.2) is 53.1 Å². The molecule has 5 nitrogen and oxygen atoms in total. The van der Waals surface area contributed by atoms with Gasteiger partial charge in [-0.3, -0.25) is 0 Å². The van der Waals surface area contributed by atoms with Gasteiger partial charge in [0.1, 0.15) is 0 Å². The van der Waals surface area contributed by atoms with Gasteiger partial charge in [0.05, 0.1) is 5.75 Å². The third kappa shape index (κ3) is 5.56. The van der Waals surface area contributed by atoms with E-state index in [1.165, 1.54) is 5.69 Å². The molecule has 0 saturated carbocycles. The zero-order valence-corrected chi connectivity index (χ0v) is 16.1. The molecule has 26 heavy (non-hydrogen) atoms. The molecule has 0 bridgehead atoms. The molecule has 140 valence electrons. The first-order valence-corrected chi connectivity index (χ1v) is 10.7. The van der Waals surface area contributed by atoms with E-state index in [2.05, 4.69) is 45.8 Å². The van der Waals surface area contributed by atoms with E-state index in [0.717, 1.165) is 37.3 Å². The molecule has 6 heteroatoms. The van der Waals surface area contributed by atoms with Gasteiger partial charge in [0.25, 0.3) is 0 Å². The fourth-order valence-corrected chi connectivity index (χ4v) is 4.28. The monoisotopic (exact) mass is 373 g/mol. The predicted octanol–water partition coefficient (Wildman–Crippen LogP) is 2.10. The van der Waals surface area contributed by atoms with E-state index in [4.69, 9.17) is 0 Å². The number of rotatable bonds is 7. The summed E-state index contributed by atoms with van der Waals surface area (Å²) in [6, 6.07) is 17.7. The van der Waals surface area contributed by atoms with Crippen LogP contribution in [0.15, 0.2) is 54.6 Å². The number of benzene rings is 2. The van der Waals surface area contributed by atoms with Crippen LogP contribution in [0.25, 0.3) is 0 Å². The van der Waals surface area contributed by atoms with Gasteiger partial charge in [-0.05, 0) is 36.7 Å². The number of sulfonamides is 1. The van der Waals surface area contributed by atoms with Crippen LogP contribution >= 0.6 is 0 Å². The topological polar surface area (TPSA) is 52.6 Å². The molecule has 1 fully saturated rings. The lowest BCUT2D eigenvalue weighted by molar-refractivity contribution is 0.313. The Balaban J connectivity index is 1.47. The number of likely N-dealkylation sites (N-methyl/N-ethyl adjacent to an activating group) is 1. The first-order valence-electron chi connectivity index (χ1n) is 9.05. The van der Waals surface area contributed by atoms with Crippen LogP contribution in [0.3, 0.4) is 0 Å². The van der Waals surface area contributed by atoms with Crippen molar-refractivity contribution in [3.05, 3.63) is 65.7 Å². The molecule has 2 aromatic rings. The van der Waals surface area contributed by atoms with Crippen molar-refractivity contribution < 1.29 is 8.42 Å². The van der Waals surface area contributed by atoms with E-state index in [0.29, 0.717) is 13.0 Å². The summed E-state index contributed by atoms with van der Waals surface area (Å²) in [5, 5.41) is 0. The molecular weight excluding hydrogens is 346 g/mol. The Bertz CT molecular complexity index is 784. The molecule has 1 N–H and O–H groups in total. The lowest BCUT2D eigenvalue weighted by Crippen LogP contribution is -2.44. The molecular formula is C20H27N3O2S. The van der Waals surface area contributed by atoms with E-state index in [1.807, 2.05) is 30.3 Å². The number of hydrogen-bond donors (Lipinski definition) is 1. The smallest absolute Gasteiger partial charge is 0.215 e. The predicted molar refractivity (Wildman–Crippen MR) is 107 cm³/mol. The van der Waals surface area contributed by atoms with Gasteiger partial charge in [0.2, 0.25) is 10.0 Å². The summed E-state index contributed by atoms with van der Waals surface area (Å²) < 4.78 is 27.0. The first-order chi connectivity index (χ1) is 12.5. The Morgan fingerprint density at radius 1 is 0.885 bits per heavy atom. The largest absolute Gasteiger partial charge is 0.369 e. The van der Waals surface area contributed by atoms with Gasteiger partial charge in [0, 0.05) is 38.4 Å². The quantitative estimate of drug-likeness (QED) is 0.808. The fourth-order valence-electron chi connectivity index (χ4n) is 3.13. The second-order valence-corrected chi connectivity index (χ2v) is 8.65. The molecule has 0 amide bonds. The second-order valence-electron chi connectivity index (χ2n) is 6.85. The van der Waals surface area contributed by atoms with E-state index >= 15 is 0 Å². The summed E-state index contributed by atoms with van der Waals surface area (Å²) in [4.78, 5) is 4.73. The van der Waals surface area contributed by atoms with Gasteiger partial charge in [-0.25, -0.2) is 13.1 Å². The average molecular weight is 374 g/mol. The van der Waals surface area contributed by atoms with Crippen LogP contribution < -0.4 is 9.62 Å². The van der Waals surface area contributed by atoms with Crippen molar-refractivity contribution in [3.63, 3.8) is 0 Å². The maximum Gasteiger partial charge on any atom is 0.215 e. The Kier molecular flexibility index (Phi) is 6.29. The number of nitrogens with zero attached hydrogens (tertiary/aromatic N) is 2. The number of hydrogen-bond acceptors (Lipinski definition) is 4. The van der Waals surface area contributed by atoms with Crippen LogP contribution in [0.1, 0.15) is 11.1 Å². The number of piperazine rings is 1. The van der Waals surface area contributed by atoms with E-state index in [9.17, 15) is 8.42 Å². The molecule has 1 heterocycles. The summed E-state index contributed by atoms with van der Waals surface area (Å²) in [5.41, 5.74) is 3.19. The van der Waals surface area contributed by atoms with Gasteiger partial charge >= 0.3 is 0 Å². The summed E-state index contributed by atoms with van der Waals surface area (Å²) in [7, 11) is -1.15. The van der Waals surface area contributed by atoms with Gasteiger partial charge in [-0.2, -0.15) is 0 Å². The Labute approximate surface area is 156 Å². The van der Waals surface area contributed by atoms with Crippen LogP contribution in [0, 0.1) is 0 Å². The second kappa shape index (κ2) is 8.66. The van der Waals surface area contributed by atoms with Gasteiger partial charge in [0.15, 0.2) is 0 Å². The molecule has 2 aromatic carbocycles. The van der Waals surface area contributed by atoms with Crippen molar-refractivity contribution in [3.8, 4) is 0 Å². The lowest BCUT2D eigenvalue weighted by Gasteiger charge is -2.34. The molecule has 0 aliphatic carbocycles. The Morgan fingerprint density at radius 2 is 1.54 bits per heavy atom. The number of anilines is 1. The highest BCUT2D eigenvalue weighted by molar-refractivity contribution is 7.88.